The van der Waals surface area contributed by atoms with Gasteiger partial charge in [0.1, 0.15) is 41.5 Å². The molecule has 366 valence electrons. The molecule has 5 aliphatic rings. The number of aromatic hydroxyl groups is 1. The van der Waals surface area contributed by atoms with E-state index in [1.165, 1.54) is 53.9 Å². The van der Waals surface area contributed by atoms with Crippen molar-refractivity contribution in [2.75, 3.05) is 48.1 Å². The number of nitrogens with one attached hydrogen (secondary N) is 1. The number of amides is 1. The van der Waals surface area contributed by atoms with Gasteiger partial charge in [-0.05, 0) is 54.8 Å². The zero-order chi connectivity index (χ0) is 48.1. The number of anilines is 1. The number of carboxylic acids is 1. The molecular weight excluding hydrogens is 917 g/mol. The predicted octanol–water partition coefficient (Wildman–Crippen LogP) is -0.884. The number of hydrogen-bond donors (Lipinski definition) is 12. The molecule has 67 heavy (non-hydrogen) atoms. The average molecular weight is 975 g/mol. The molecule has 1 amide bonds. The van der Waals surface area contributed by atoms with Crippen LogP contribution in [0.2, 0.25) is 0 Å². The number of ether oxygens (including phenoxy) is 5. The highest BCUT2D eigenvalue weighted by atomic mass is 32.2. The highest BCUT2D eigenvalue weighted by Gasteiger charge is 2.50. The maximum atomic E-state index is 12.9. The Kier molecular flexibility index (Phi) is 17.2. The number of aliphatic hydroxyl groups excluding tert-OH is 4. The summed E-state index contributed by atoms with van der Waals surface area (Å²) in [7, 11) is 0. The molecule has 17 N–H and O–H groups in total. The monoisotopic (exact) mass is 974 g/mol. The molecular formula is C44H58N6O15S2. The number of hydrogen-bond acceptors (Lipinski definition) is 21. The lowest BCUT2D eigenvalue weighted by Gasteiger charge is -2.48. The Morgan fingerprint density at radius 3 is 2.18 bits per heavy atom. The molecule has 7 rings (SSSR count). The summed E-state index contributed by atoms with van der Waals surface area (Å²) >= 11 is 2.73. The smallest absolute Gasteiger partial charge is 0.336 e. The Balaban J connectivity index is 0.844. The van der Waals surface area contributed by atoms with Gasteiger partial charge in [0.15, 0.2) is 18.0 Å². The lowest BCUT2D eigenvalue weighted by Crippen LogP contribution is -2.68. The lowest BCUT2D eigenvalue weighted by atomic mass is 9.84. The third kappa shape index (κ3) is 11.9. The zero-order valence-corrected chi connectivity index (χ0v) is 37.8. The molecule has 0 bridgehead atoms. The third-order valence-electron chi connectivity index (χ3n) is 12.0. The molecule has 0 radical (unpaired) electrons. The fourth-order valence-electron chi connectivity index (χ4n) is 8.48. The number of carboxylic acid groups (broad SMARTS) is 1. The number of nitrogens with two attached hydrogens (primary N) is 5. The van der Waals surface area contributed by atoms with E-state index in [1.807, 2.05) is 0 Å². The highest BCUT2D eigenvalue weighted by molar-refractivity contribution is 8.00. The van der Waals surface area contributed by atoms with E-state index in [2.05, 4.69) is 5.32 Å². The van der Waals surface area contributed by atoms with Gasteiger partial charge < -0.3 is 92.7 Å². The van der Waals surface area contributed by atoms with E-state index in [9.17, 15) is 45.0 Å². The van der Waals surface area contributed by atoms with Crippen molar-refractivity contribution in [3.63, 3.8) is 0 Å². The standard InChI is InChI=1S/C44H58N6O15S2/c45-16-32-29(53)15-28(48)43(62-32)64-40-26(46)14-27(47)41(39(40)57)65-44-38(56)36(49)37(55)33(63-44)17-66-9-7-60-8-10-67-18-34(54)50-19-1-4-22(25(11-19)42(58)59)35-23-5-2-20(51)12-30(23)61-31-13-21(52)3-6-24(31)35/h1-6,11-13,26-29,32-33,36-41,43-44,51,53,55-57H,7-10,14-18,45-49H2,(H,50,54)(H,58,59). The summed E-state index contributed by atoms with van der Waals surface area (Å²) in [5.74, 6) is -0.134. The van der Waals surface area contributed by atoms with Crippen molar-refractivity contribution in [1.82, 2.24) is 0 Å². The van der Waals surface area contributed by atoms with Crippen LogP contribution in [-0.4, -0.2) is 171 Å². The van der Waals surface area contributed by atoms with Gasteiger partial charge in [-0.1, -0.05) is 6.07 Å². The number of aliphatic hydroxyl groups is 4. The van der Waals surface area contributed by atoms with E-state index >= 15 is 0 Å². The number of phenols is 1. The van der Waals surface area contributed by atoms with Gasteiger partial charge in [0.05, 0.1) is 61.0 Å². The number of carbonyl (C=O) groups excluding carboxylic acids is 1. The number of thioether (sulfide) groups is 2. The SMILES string of the molecule is NCC1OC(OC2C(N)CC(N)C(OC3OC(CSCCOCCSCC(=O)Nc4ccc(-c5c6ccc(=O)cc-6oc6cc(O)ccc56)c(C(=O)O)c4)C(O)C(N)C3O)C2O)C(N)CC1O. The molecule has 0 aromatic heterocycles. The molecule has 3 aliphatic heterocycles. The maximum absolute atomic E-state index is 12.9. The Hall–Kier alpha value is -3.99. The molecule has 2 aromatic carbocycles. The topological polar surface area (TPSA) is 374 Å². The molecule has 3 fully saturated rings. The first-order chi connectivity index (χ1) is 32.0. The van der Waals surface area contributed by atoms with Crippen molar-refractivity contribution < 1.29 is 68.3 Å². The predicted molar refractivity (Wildman–Crippen MR) is 249 cm³/mol. The minimum absolute atomic E-state index is 0.0233. The summed E-state index contributed by atoms with van der Waals surface area (Å²) in [4.78, 5) is 37.5. The zero-order valence-electron chi connectivity index (χ0n) is 36.2. The molecule has 14 atom stereocenters. The van der Waals surface area contributed by atoms with Crippen molar-refractivity contribution in [2.45, 2.75) is 98.4 Å². The third-order valence-corrected chi connectivity index (χ3v) is 13.9. The van der Waals surface area contributed by atoms with E-state index in [0.29, 0.717) is 46.8 Å². The summed E-state index contributed by atoms with van der Waals surface area (Å²) < 4.78 is 35.4. The number of rotatable bonds is 18. The van der Waals surface area contributed by atoms with Crippen LogP contribution < -0.4 is 39.4 Å². The first-order valence-corrected chi connectivity index (χ1v) is 24.0. The van der Waals surface area contributed by atoms with Gasteiger partial charge in [-0.15, -0.1) is 11.8 Å². The Morgan fingerprint density at radius 1 is 0.776 bits per heavy atom. The molecule has 3 heterocycles. The first kappa shape index (κ1) is 50.9. The number of phenolic OH excluding ortho intramolecular Hbond substituents is 1. The summed E-state index contributed by atoms with van der Waals surface area (Å²) in [5, 5.41) is 66.9. The Bertz CT molecular complexity index is 2370. The van der Waals surface area contributed by atoms with E-state index in [1.54, 1.807) is 24.3 Å². The van der Waals surface area contributed by atoms with Gasteiger partial charge in [0.25, 0.3) is 0 Å². The number of carbonyl (C=O) groups is 2. The molecule has 2 aliphatic carbocycles. The normalized spacial score (nSPS) is 31.2. The second-order valence-corrected chi connectivity index (χ2v) is 19.0. The first-order valence-electron chi connectivity index (χ1n) is 21.7. The van der Waals surface area contributed by atoms with Crippen molar-refractivity contribution in [1.29, 1.82) is 0 Å². The van der Waals surface area contributed by atoms with Crippen LogP contribution in [0.4, 0.5) is 5.69 Å². The van der Waals surface area contributed by atoms with Gasteiger partial charge in [-0.25, -0.2) is 4.79 Å². The van der Waals surface area contributed by atoms with E-state index < -0.39 is 91.5 Å². The van der Waals surface area contributed by atoms with Gasteiger partial charge in [0, 0.05) is 70.2 Å². The van der Waals surface area contributed by atoms with Gasteiger partial charge in [0.2, 0.25) is 5.91 Å². The average Bonchev–Trinajstić information content (AvgIpc) is 3.28. The molecule has 23 heteroatoms. The minimum atomic E-state index is -1.47. The van der Waals surface area contributed by atoms with Gasteiger partial charge in [-0.3, -0.25) is 9.59 Å². The van der Waals surface area contributed by atoms with Crippen molar-refractivity contribution in [2.24, 2.45) is 28.7 Å². The Morgan fingerprint density at radius 2 is 1.46 bits per heavy atom. The van der Waals surface area contributed by atoms with E-state index in [0.717, 1.165) is 0 Å². The van der Waals surface area contributed by atoms with Crippen molar-refractivity contribution >= 4 is 52.1 Å². The largest absolute Gasteiger partial charge is 0.508 e. The Labute approximate surface area is 392 Å². The van der Waals surface area contributed by atoms with Crippen LogP contribution in [0.5, 0.6) is 5.75 Å². The molecule has 1 saturated carbocycles. The lowest BCUT2D eigenvalue weighted by molar-refractivity contribution is -0.309. The second-order valence-electron chi connectivity index (χ2n) is 16.8. The van der Waals surface area contributed by atoms with Crippen LogP contribution in [0.25, 0.3) is 33.4 Å². The van der Waals surface area contributed by atoms with Crippen LogP contribution in [0.15, 0.2) is 63.8 Å². The summed E-state index contributed by atoms with van der Waals surface area (Å²) in [6, 6.07) is 9.77. The van der Waals surface area contributed by atoms with Crippen molar-refractivity contribution in [3.05, 3.63) is 70.4 Å². The fourth-order valence-corrected chi connectivity index (χ4v) is 10.0. The molecule has 0 spiro atoms. The van der Waals surface area contributed by atoms with Gasteiger partial charge >= 0.3 is 5.97 Å². The molecule has 21 nitrogen and oxygen atoms in total. The molecule has 2 aromatic rings. The van der Waals surface area contributed by atoms with Crippen LogP contribution in [0, 0.1) is 0 Å². The van der Waals surface area contributed by atoms with Crippen LogP contribution in [0.3, 0.4) is 0 Å². The van der Waals surface area contributed by atoms with Gasteiger partial charge in [-0.2, -0.15) is 11.8 Å². The number of benzene rings is 3. The fraction of sp³-hybridized carbons (Fsp3) is 0.523. The molecule has 14 unspecified atom stereocenters. The summed E-state index contributed by atoms with van der Waals surface area (Å²) in [5.41, 5.74) is 32.2. The van der Waals surface area contributed by atoms with Crippen LogP contribution >= 0.6 is 23.5 Å². The quantitative estimate of drug-likeness (QED) is 0.0425. The maximum Gasteiger partial charge on any atom is 0.336 e. The van der Waals surface area contributed by atoms with Crippen LogP contribution in [0.1, 0.15) is 23.2 Å². The minimum Gasteiger partial charge on any atom is -0.508 e. The van der Waals surface area contributed by atoms with E-state index in [4.69, 9.17) is 56.8 Å². The van der Waals surface area contributed by atoms with E-state index in [-0.39, 0.29) is 70.6 Å². The summed E-state index contributed by atoms with van der Waals surface area (Å²) in [6.45, 7) is 0.688. The number of aromatic carboxylic acids is 1. The molecule has 2 saturated heterocycles. The van der Waals surface area contributed by atoms with Crippen molar-refractivity contribution in [3.8, 4) is 28.2 Å². The second kappa shape index (κ2) is 22.6. The van der Waals surface area contributed by atoms with Crippen LogP contribution in [-0.2, 0) is 28.5 Å². The summed E-state index contributed by atoms with van der Waals surface area (Å²) in [6.07, 6.45) is -10.8. The highest BCUT2D eigenvalue weighted by Crippen LogP contribution is 2.42. The number of fused-ring (bicyclic) bond motifs is 2.